The van der Waals surface area contributed by atoms with Crippen molar-refractivity contribution in [1.29, 1.82) is 0 Å². The summed E-state index contributed by atoms with van der Waals surface area (Å²) in [4.78, 5) is 0. The summed E-state index contributed by atoms with van der Waals surface area (Å²) in [5, 5.41) is 11.1. The molecule has 1 aliphatic rings. The van der Waals surface area contributed by atoms with E-state index in [4.69, 9.17) is 16.3 Å². The number of aliphatic hydroxyl groups is 1. The van der Waals surface area contributed by atoms with Crippen LogP contribution in [0.3, 0.4) is 0 Å². The fourth-order valence-electron chi connectivity index (χ4n) is 2.59. The van der Waals surface area contributed by atoms with Crippen molar-refractivity contribution < 1.29 is 14.2 Å². The van der Waals surface area contributed by atoms with Crippen LogP contribution < -0.4 is 4.74 Å². The van der Waals surface area contributed by atoms with E-state index in [-0.39, 0.29) is 5.82 Å². The standard InChI is InChI=1S/C16H13ClFIO2/c17-11-5-9-3-4-21-16(9)10(6-11)7-15(20)13-2-1-12(18)8-14(13)19/h1-2,5-6,8,15,20H,3-4,7H2. The number of aliphatic hydroxyl groups excluding tert-OH is 1. The molecule has 110 valence electrons. The molecule has 0 amide bonds. The van der Waals surface area contributed by atoms with Crippen molar-refractivity contribution >= 4 is 34.2 Å². The largest absolute Gasteiger partial charge is 0.493 e. The molecule has 1 atom stereocenters. The molecule has 3 rings (SSSR count). The first-order chi connectivity index (χ1) is 10.0. The third-order valence-electron chi connectivity index (χ3n) is 3.56. The molecule has 0 saturated heterocycles. The third-order valence-corrected chi connectivity index (χ3v) is 4.71. The molecule has 1 unspecified atom stereocenters. The summed E-state index contributed by atoms with van der Waals surface area (Å²) in [6.07, 6.45) is 0.515. The van der Waals surface area contributed by atoms with Gasteiger partial charge in [0.2, 0.25) is 0 Å². The molecule has 21 heavy (non-hydrogen) atoms. The Kier molecular flexibility index (Phi) is 4.38. The van der Waals surface area contributed by atoms with Crippen LogP contribution in [0.1, 0.15) is 22.8 Å². The Labute approximate surface area is 141 Å². The molecule has 0 fully saturated rings. The lowest BCUT2D eigenvalue weighted by Crippen LogP contribution is -2.05. The number of rotatable bonds is 3. The van der Waals surface area contributed by atoms with Gasteiger partial charge in [0.25, 0.3) is 0 Å². The lowest BCUT2D eigenvalue weighted by Gasteiger charge is -2.15. The maximum Gasteiger partial charge on any atom is 0.126 e. The minimum Gasteiger partial charge on any atom is -0.493 e. The average Bonchev–Trinajstić information content (AvgIpc) is 2.86. The van der Waals surface area contributed by atoms with E-state index in [0.29, 0.717) is 27.2 Å². The normalized spacial score (nSPS) is 14.7. The Balaban J connectivity index is 1.90. The van der Waals surface area contributed by atoms with Crippen molar-refractivity contribution in [3.8, 4) is 5.75 Å². The summed E-state index contributed by atoms with van der Waals surface area (Å²) in [6.45, 7) is 0.646. The summed E-state index contributed by atoms with van der Waals surface area (Å²) < 4.78 is 19.5. The van der Waals surface area contributed by atoms with E-state index in [1.54, 1.807) is 6.07 Å². The molecule has 1 aliphatic heterocycles. The predicted octanol–water partition coefficient (Wildman–Crippen LogP) is 4.29. The molecule has 5 heteroatoms. The summed E-state index contributed by atoms with van der Waals surface area (Å²) >= 11 is 8.15. The van der Waals surface area contributed by atoms with Crippen molar-refractivity contribution in [2.45, 2.75) is 18.9 Å². The highest BCUT2D eigenvalue weighted by Crippen LogP contribution is 2.35. The number of hydrogen-bond acceptors (Lipinski definition) is 2. The molecule has 0 radical (unpaired) electrons. The summed E-state index contributed by atoms with van der Waals surface area (Å²) in [5.41, 5.74) is 2.69. The molecule has 1 heterocycles. The SMILES string of the molecule is OC(Cc1cc(Cl)cc2c1OCC2)c1ccc(F)cc1I. The smallest absolute Gasteiger partial charge is 0.126 e. The minimum atomic E-state index is -0.718. The fourth-order valence-corrected chi connectivity index (χ4v) is 3.69. The Morgan fingerprint density at radius 1 is 1.33 bits per heavy atom. The molecule has 0 aromatic heterocycles. The van der Waals surface area contributed by atoms with E-state index in [2.05, 4.69) is 0 Å². The zero-order chi connectivity index (χ0) is 15.0. The van der Waals surface area contributed by atoms with Crippen molar-refractivity contribution in [2.24, 2.45) is 0 Å². The van der Waals surface area contributed by atoms with E-state index >= 15 is 0 Å². The number of ether oxygens (including phenoxy) is 1. The second-order valence-corrected chi connectivity index (χ2v) is 6.64. The number of hydrogen-bond donors (Lipinski definition) is 1. The van der Waals surface area contributed by atoms with Gasteiger partial charge in [-0.25, -0.2) is 4.39 Å². The van der Waals surface area contributed by atoms with Crippen LogP contribution in [0, 0.1) is 9.39 Å². The van der Waals surface area contributed by atoms with Crippen LogP contribution in [0.4, 0.5) is 4.39 Å². The van der Waals surface area contributed by atoms with E-state index in [1.165, 1.54) is 12.1 Å². The third kappa shape index (κ3) is 3.17. The van der Waals surface area contributed by atoms with Gasteiger partial charge in [0.05, 0.1) is 12.7 Å². The van der Waals surface area contributed by atoms with Crippen LogP contribution in [-0.2, 0) is 12.8 Å². The van der Waals surface area contributed by atoms with Gasteiger partial charge in [0.15, 0.2) is 0 Å². The molecule has 1 N–H and O–H groups in total. The number of benzene rings is 2. The molecule has 0 aliphatic carbocycles. The predicted molar refractivity (Wildman–Crippen MR) is 88.4 cm³/mol. The monoisotopic (exact) mass is 418 g/mol. The Hall–Kier alpha value is -0.850. The second kappa shape index (κ2) is 6.10. The van der Waals surface area contributed by atoms with Crippen molar-refractivity contribution in [2.75, 3.05) is 6.61 Å². The number of halogens is 3. The molecule has 2 nitrogen and oxygen atoms in total. The zero-order valence-corrected chi connectivity index (χ0v) is 14.0. The van der Waals surface area contributed by atoms with Gasteiger partial charge in [0.1, 0.15) is 11.6 Å². The molecule has 0 bridgehead atoms. The molecular weight excluding hydrogens is 406 g/mol. The van der Waals surface area contributed by atoms with Crippen LogP contribution >= 0.6 is 34.2 Å². The minimum absolute atomic E-state index is 0.303. The van der Waals surface area contributed by atoms with Crippen LogP contribution in [0.2, 0.25) is 5.02 Å². The van der Waals surface area contributed by atoms with Gasteiger partial charge in [-0.15, -0.1) is 0 Å². The van der Waals surface area contributed by atoms with Gasteiger partial charge in [-0.1, -0.05) is 17.7 Å². The first-order valence-electron chi connectivity index (χ1n) is 6.61. The Morgan fingerprint density at radius 2 is 2.14 bits per heavy atom. The quantitative estimate of drug-likeness (QED) is 0.754. The molecular formula is C16H13ClFIO2. The average molecular weight is 419 g/mol. The van der Waals surface area contributed by atoms with Crippen LogP contribution in [0.25, 0.3) is 0 Å². The van der Waals surface area contributed by atoms with Gasteiger partial charge < -0.3 is 9.84 Å². The molecule has 2 aromatic carbocycles. The van der Waals surface area contributed by atoms with Gasteiger partial charge >= 0.3 is 0 Å². The van der Waals surface area contributed by atoms with E-state index in [0.717, 1.165) is 23.3 Å². The van der Waals surface area contributed by atoms with Crippen LogP contribution in [0.5, 0.6) is 5.75 Å². The van der Waals surface area contributed by atoms with E-state index in [1.807, 2.05) is 34.7 Å². The highest BCUT2D eigenvalue weighted by atomic mass is 127. The maximum absolute atomic E-state index is 13.1. The van der Waals surface area contributed by atoms with Gasteiger partial charge in [-0.3, -0.25) is 0 Å². The second-order valence-electron chi connectivity index (χ2n) is 5.04. The maximum atomic E-state index is 13.1. The Morgan fingerprint density at radius 3 is 2.90 bits per heavy atom. The van der Waals surface area contributed by atoms with E-state index in [9.17, 15) is 9.50 Å². The highest BCUT2D eigenvalue weighted by Gasteiger charge is 2.21. The van der Waals surface area contributed by atoms with Crippen LogP contribution in [-0.4, -0.2) is 11.7 Å². The molecule has 0 saturated carbocycles. The topological polar surface area (TPSA) is 29.5 Å². The summed E-state index contributed by atoms with van der Waals surface area (Å²) in [5.74, 6) is 0.526. The van der Waals surface area contributed by atoms with E-state index < -0.39 is 6.10 Å². The fraction of sp³-hybridized carbons (Fsp3) is 0.250. The van der Waals surface area contributed by atoms with Crippen molar-refractivity contribution in [3.63, 3.8) is 0 Å². The van der Waals surface area contributed by atoms with Crippen LogP contribution in [0.15, 0.2) is 30.3 Å². The number of fused-ring (bicyclic) bond motifs is 1. The lowest BCUT2D eigenvalue weighted by atomic mass is 9.99. The summed E-state index contributed by atoms with van der Waals surface area (Å²) in [6, 6.07) is 8.12. The first-order valence-corrected chi connectivity index (χ1v) is 8.07. The molecule has 2 aromatic rings. The first kappa shape index (κ1) is 15.1. The van der Waals surface area contributed by atoms with Crippen molar-refractivity contribution in [1.82, 2.24) is 0 Å². The Bertz CT molecular complexity index is 690. The van der Waals surface area contributed by atoms with Gasteiger partial charge in [0, 0.05) is 21.4 Å². The van der Waals surface area contributed by atoms with Gasteiger partial charge in [-0.2, -0.15) is 0 Å². The zero-order valence-electron chi connectivity index (χ0n) is 11.1. The van der Waals surface area contributed by atoms with Gasteiger partial charge in [-0.05, 0) is 63.5 Å². The summed E-state index contributed by atoms with van der Waals surface area (Å²) in [7, 11) is 0. The van der Waals surface area contributed by atoms with Crippen molar-refractivity contribution in [3.05, 3.63) is 61.4 Å². The highest BCUT2D eigenvalue weighted by molar-refractivity contribution is 14.1. The lowest BCUT2D eigenvalue weighted by molar-refractivity contribution is 0.176. The molecule has 0 spiro atoms.